The number of nitrogens with zero attached hydrogens (tertiary/aromatic N) is 1. The molecular formula is C28H37FN2O3. The maximum absolute atomic E-state index is 13.8. The first kappa shape index (κ1) is 24.7. The fraction of sp³-hybridized carbons (Fsp3) is 0.536. The van der Waals surface area contributed by atoms with Crippen molar-refractivity contribution in [1.29, 1.82) is 0 Å². The van der Waals surface area contributed by atoms with E-state index in [1.54, 1.807) is 13.2 Å². The molecule has 2 aliphatic rings. The normalized spacial score (nSPS) is 21.5. The minimum absolute atomic E-state index is 0.00635. The summed E-state index contributed by atoms with van der Waals surface area (Å²) in [5, 5.41) is 3.14. The highest BCUT2D eigenvalue weighted by molar-refractivity contribution is 5.86. The molecule has 2 saturated heterocycles. The first-order chi connectivity index (χ1) is 16.5. The van der Waals surface area contributed by atoms with Gasteiger partial charge in [0.15, 0.2) is 5.60 Å². The van der Waals surface area contributed by atoms with Gasteiger partial charge in [-0.15, -0.1) is 0 Å². The van der Waals surface area contributed by atoms with Crippen molar-refractivity contribution in [3.63, 3.8) is 0 Å². The third-order valence-corrected chi connectivity index (χ3v) is 7.25. The Morgan fingerprint density at radius 2 is 1.97 bits per heavy atom. The molecule has 0 bridgehead atoms. The maximum Gasteiger partial charge on any atom is 0.252 e. The highest BCUT2D eigenvalue weighted by Gasteiger charge is 2.42. The monoisotopic (exact) mass is 468 g/mol. The molecule has 184 valence electrons. The lowest BCUT2D eigenvalue weighted by atomic mass is 9.89. The maximum atomic E-state index is 13.8. The molecule has 0 saturated carbocycles. The Hall–Kier alpha value is -2.44. The van der Waals surface area contributed by atoms with E-state index in [9.17, 15) is 9.18 Å². The summed E-state index contributed by atoms with van der Waals surface area (Å²) in [7, 11) is 1.58. The van der Waals surface area contributed by atoms with Gasteiger partial charge in [-0.2, -0.15) is 0 Å². The summed E-state index contributed by atoms with van der Waals surface area (Å²) < 4.78 is 25.2. The van der Waals surface area contributed by atoms with Gasteiger partial charge in [0.25, 0.3) is 5.91 Å². The third-order valence-electron chi connectivity index (χ3n) is 7.25. The predicted molar refractivity (Wildman–Crippen MR) is 132 cm³/mol. The summed E-state index contributed by atoms with van der Waals surface area (Å²) in [5.41, 5.74) is 1.80. The average Bonchev–Trinajstić information content (AvgIpc) is 3.33. The molecule has 2 aromatic carbocycles. The van der Waals surface area contributed by atoms with E-state index >= 15 is 0 Å². The van der Waals surface area contributed by atoms with Gasteiger partial charge >= 0.3 is 0 Å². The summed E-state index contributed by atoms with van der Waals surface area (Å²) >= 11 is 0. The van der Waals surface area contributed by atoms with E-state index < -0.39 is 5.60 Å². The number of halogens is 1. The molecule has 0 spiro atoms. The largest absolute Gasteiger partial charge is 0.496 e. The van der Waals surface area contributed by atoms with E-state index in [2.05, 4.69) is 17.1 Å². The Bertz CT molecular complexity index is 949. The number of hydrogen-bond acceptors (Lipinski definition) is 4. The molecule has 0 unspecified atom stereocenters. The summed E-state index contributed by atoms with van der Waals surface area (Å²) in [5.74, 6) is 1.15. The lowest BCUT2D eigenvalue weighted by Crippen LogP contribution is -2.48. The minimum Gasteiger partial charge on any atom is -0.496 e. The predicted octanol–water partition coefficient (Wildman–Crippen LogP) is 4.83. The van der Waals surface area contributed by atoms with Gasteiger partial charge in [-0.05, 0) is 87.0 Å². The summed E-state index contributed by atoms with van der Waals surface area (Å²) in [6.45, 7) is 6.97. The van der Waals surface area contributed by atoms with Crippen molar-refractivity contribution < 1.29 is 18.7 Å². The van der Waals surface area contributed by atoms with Crippen LogP contribution in [0.15, 0.2) is 42.5 Å². The molecule has 5 nitrogen and oxygen atoms in total. The van der Waals surface area contributed by atoms with E-state index in [0.717, 1.165) is 42.9 Å². The smallest absolute Gasteiger partial charge is 0.252 e. The second-order valence-electron chi connectivity index (χ2n) is 9.80. The van der Waals surface area contributed by atoms with Crippen molar-refractivity contribution in [1.82, 2.24) is 10.2 Å². The van der Waals surface area contributed by atoms with E-state index in [-0.39, 0.29) is 11.7 Å². The SMILES string of the molecule is COc1ccc(F)cc1-c1ccc(C[C@]2(C(=O)NCCCN3CCC(C)CC3)CCCO2)cc1. The molecule has 6 heteroatoms. The molecule has 0 aromatic heterocycles. The number of methoxy groups -OCH3 is 1. The van der Waals surface area contributed by atoms with E-state index in [1.807, 2.05) is 24.3 Å². The molecule has 1 N–H and O–H groups in total. The number of hydrogen-bond donors (Lipinski definition) is 1. The summed E-state index contributed by atoms with van der Waals surface area (Å²) in [6, 6.07) is 12.4. The van der Waals surface area contributed by atoms with Gasteiger partial charge in [0.2, 0.25) is 0 Å². The van der Waals surface area contributed by atoms with Crippen LogP contribution in [0.1, 0.15) is 44.6 Å². The summed E-state index contributed by atoms with van der Waals surface area (Å²) in [6.07, 6.45) is 5.65. The van der Waals surface area contributed by atoms with Gasteiger partial charge in [0.1, 0.15) is 11.6 Å². The molecule has 1 atom stereocenters. The van der Waals surface area contributed by atoms with Crippen LogP contribution in [-0.2, 0) is 16.0 Å². The molecule has 0 aliphatic carbocycles. The standard InChI is InChI=1S/C28H37FN2O3/c1-21-11-16-31(17-12-21)15-4-14-30-27(32)28(13-3-18-34-28)20-22-5-7-23(8-6-22)25-19-24(29)9-10-26(25)33-2/h5-10,19,21H,3-4,11-18,20H2,1-2H3,(H,30,32)/t28-/m0/s1. The van der Waals surface area contributed by atoms with Crippen LogP contribution in [-0.4, -0.2) is 56.3 Å². The topological polar surface area (TPSA) is 50.8 Å². The number of piperidine rings is 1. The number of ether oxygens (including phenoxy) is 2. The van der Waals surface area contributed by atoms with Gasteiger partial charge in [-0.1, -0.05) is 31.2 Å². The van der Waals surface area contributed by atoms with E-state index in [0.29, 0.717) is 30.9 Å². The first-order valence-electron chi connectivity index (χ1n) is 12.6. The fourth-order valence-corrected chi connectivity index (χ4v) is 5.09. The van der Waals surface area contributed by atoms with Gasteiger partial charge in [0.05, 0.1) is 7.11 Å². The second-order valence-corrected chi connectivity index (χ2v) is 9.80. The first-order valence-corrected chi connectivity index (χ1v) is 12.6. The number of nitrogens with one attached hydrogen (secondary N) is 1. The molecule has 2 heterocycles. The Labute approximate surface area is 202 Å². The number of rotatable bonds is 9. The van der Waals surface area contributed by atoms with E-state index in [1.165, 1.54) is 38.1 Å². The Morgan fingerprint density at radius 1 is 1.21 bits per heavy atom. The zero-order chi connectivity index (χ0) is 24.0. The highest BCUT2D eigenvalue weighted by Crippen LogP contribution is 2.33. The molecule has 2 aromatic rings. The molecule has 2 fully saturated rings. The summed E-state index contributed by atoms with van der Waals surface area (Å²) in [4.78, 5) is 15.7. The minimum atomic E-state index is -0.807. The number of carbonyl (C=O) groups is 1. The van der Waals surface area contributed by atoms with Crippen LogP contribution in [0.3, 0.4) is 0 Å². The molecule has 4 rings (SSSR count). The zero-order valence-corrected chi connectivity index (χ0v) is 20.4. The second kappa shape index (κ2) is 11.3. The lowest BCUT2D eigenvalue weighted by Gasteiger charge is -2.30. The van der Waals surface area contributed by atoms with Crippen molar-refractivity contribution in [2.24, 2.45) is 5.92 Å². The van der Waals surface area contributed by atoms with Crippen molar-refractivity contribution in [3.8, 4) is 16.9 Å². The van der Waals surface area contributed by atoms with Gasteiger partial charge in [0, 0.05) is 25.1 Å². The zero-order valence-electron chi connectivity index (χ0n) is 20.4. The van der Waals surface area contributed by atoms with Crippen molar-refractivity contribution in [2.75, 3.05) is 39.9 Å². The van der Waals surface area contributed by atoms with Crippen LogP contribution >= 0.6 is 0 Å². The van der Waals surface area contributed by atoms with Crippen molar-refractivity contribution in [2.45, 2.75) is 51.0 Å². The van der Waals surface area contributed by atoms with Crippen LogP contribution in [0.5, 0.6) is 5.75 Å². The quantitative estimate of drug-likeness (QED) is 0.536. The van der Waals surface area contributed by atoms with Crippen LogP contribution < -0.4 is 10.1 Å². The Morgan fingerprint density at radius 3 is 2.65 bits per heavy atom. The van der Waals surface area contributed by atoms with Crippen LogP contribution in [0, 0.1) is 11.7 Å². The fourth-order valence-electron chi connectivity index (χ4n) is 5.09. The molecule has 34 heavy (non-hydrogen) atoms. The molecule has 0 radical (unpaired) electrons. The van der Waals surface area contributed by atoms with Crippen molar-refractivity contribution in [3.05, 3.63) is 53.8 Å². The van der Waals surface area contributed by atoms with Crippen LogP contribution in [0.4, 0.5) is 4.39 Å². The number of carbonyl (C=O) groups excluding carboxylic acids is 1. The number of likely N-dealkylation sites (tertiary alicyclic amines) is 1. The third kappa shape index (κ3) is 5.97. The van der Waals surface area contributed by atoms with Gasteiger partial charge < -0.3 is 19.7 Å². The highest BCUT2D eigenvalue weighted by atomic mass is 19.1. The lowest BCUT2D eigenvalue weighted by molar-refractivity contribution is -0.141. The Kier molecular flexibility index (Phi) is 8.22. The molecule has 1 amide bonds. The van der Waals surface area contributed by atoms with Crippen molar-refractivity contribution >= 4 is 5.91 Å². The van der Waals surface area contributed by atoms with Gasteiger partial charge in [-0.25, -0.2) is 4.39 Å². The number of amides is 1. The molecule has 2 aliphatic heterocycles. The van der Waals surface area contributed by atoms with Gasteiger partial charge in [-0.3, -0.25) is 4.79 Å². The Balaban J connectivity index is 1.35. The molecular weight excluding hydrogens is 431 g/mol. The van der Waals surface area contributed by atoms with Crippen LogP contribution in [0.25, 0.3) is 11.1 Å². The van der Waals surface area contributed by atoms with Crippen LogP contribution in [0.2, 0.25) is 0 Å². The average molecular weight is 469 g/mol. The number of benzene rings is 2. The van der Waals surface area contributed by atoms with E-state index in [4.69, 9.17) is 9.47 Å².